The second kappa shape index (κ2) is 14.3. The van der Waals surface area contributed by atoms with Crippen molar-refractivity contribution in [3.05, 3.63) is 30.3 Å². The maximum atomic E-state index is 11.0. The van der Waals surface area contributed by atoms with Gasteiger partial charge in [-0.1, -0.05) is 18.2 Å². The summed E-state index contributed by atoms with van der Waals surface area (Å²) in [5, 5.41) is -3.32. The van der Waals surface area contributed by atoms with Crippen molar-refractivity contribution in [3.63, 3.8) is 0 Å². The van der Waals surface area contributed by atoms with Gasteiger partial charge < -0.3 is 39.3 Å². The van der Waals surface area contributed by atoms with Gasteiger partial charge in [-0.2, -0.15) is 0 Å². The first-order chi connectivity index (χ1) is 8.99. The summed E-state index contributed by atoms with van der Waals surface area (Å²) in [6.45, 7) is -0.177. The molecule has 1 rings (SSSR count). The largest absolute Gasteiger partial charge is 1.00 e. The number of rotatable bonds is 6. The fourth-order valence-corrected chi connectivity index (χ4v) is 3.52. The summed E-state index contributed by atoms with van der Waals surface area (Å²) < 4.78 is 22.0. The minimum absolute atomic E-state index is 0. The van der Waals surface area contributed by atoms with Gasteiger partial charge in [0.1, 0.15) is 0 Å². The van der Waals surface area contributed by atoms with E-state index in [4.69, 9.17) is 5.73 Å². The molecule has 0 aliphatic carbocycles. The van der Waals surface area contributed by atoms with Crippen molar-refractivity contribution in [2.24, 2.45) is 5.73 Å². The van der Waals surface area contributed by atoms with Gasteiger partial charge in [-0.15, -0.1) is 0 Å². The molecule has 114 valence electrons. The van der Waals surface area contributed by atoms with E-state index in [1.54, 1.807) is 37.4 Å². The molecule has 0 unspecified atom stereocenters. The van der Waals surface area contributed by atoms with E-state index >= 15 is 0 Å². The molecular weight excluding hydrogens is 398 g/mol. The predicted octanol–water partition coefficient (Wildman–Crippen LogP) is -14.0. The van der Waals surface area contributed by atoms with Crippen LogP contribution in [0.25, 0.3) is 0 Å². The number of hydrogen-bond acceptors (Lipinski definition) is 8. The van der Waals surface area contributed by atoms with E-state index < -0.39 is 26.6 Å². The van der Waals surface area contributed by atoms with Gasteiger partial charge in [0.25, 0.3) is 0 Å². The summed E-state index contributed by atoms with van der Waals surface area (Å²) in [5.41, 5.74) is 5.74. The summed E-state index contributed by atoms with van der Waals surface area (Å²) in [6.07, 6.45) is -0.799. The van der Waals surface area contributed by atoms with Crippen LogP contribution in [0, 0.1) is 0 Å². The van der Waals surface area contributed by atoms with Crippen LogP contribution in [-0.4, -0.2) is 18.6 Å². The molecule has 8 nitrogen and oxygen atoms in total. The quantitative estimate of drug-likeness (QED) is 0.357. The van der Waals surface area contributed by atoms with Crippen LogP contribution >= 0.6 is 15.2 Å². The van der Waals surface area contributed by atoms with E-state index in [-0.39, 0.29) is 125 Å². The smallest absolute Gasteiger partial charge is 0.809 e. The fraction of sp³-hybridized carbons (Fsp3) is 0.400. The van der Waals surface area contributed by atoms with E-state index in [0.717, 1.165) is 0 Å². The molecule has 0 aromatic heterocycles. The Morgan fingerprint density at radius 2 is 1.33 bits per heavy atom. The Morgan fingerprint density at radius 1 is 0.958 bits per heavy atom. The minimum Gasteiger partial charge on any atom is -0.809 e. The van der Waals surface area contributed by atoms with Gasteiger partial charge >= 0.3 is 118 Å². The third kappa shape index (κ3) is 9.66. The van der Waals surface area contributed by atoms with E-state index in [0.29, 0.717) is 5.69 Å². The van der Waals surface area contributed by atoms with Crippen LogP contribution in [0.5, 0.6) is 0 Å². The molecular formula is C10H14N2Na4O6P2. The van der Waals surface area contributed by atoms with Crippen molar-refractivity contribution in [1.82, 2.24) is 0 Å². The van der Waals surface area contributed by atoms with Crippen molar-refractivity contribution < 1.29 is 147 Å². The topological polar surface area (TPSA) is 156 Å². The van der Waals surface area contributed by atoms with Gasteiger partial charge in [-0.05, 0) is 33.7 Å². The number of para-hydroxylation sites is 1. The van der Waals surface area contributed by atoms with Crippen molar-refractivity contribution in [2.45, 2.75) is 11.4 Å². The van der Waals surface area contributed by atoms with Crippen LogP contribution in [0.3, 0.4) is 0 Å². The van der Waals surface area contributed by atoms with Gasteiger partial charge in [0.05, 0.1) is 5.02 Å². The molecule has 0 saturated heterocycles. The molecule has 1 aromatic rings. The van der Waals surface area contributed by atoms with Crippen LogP contribution in [0.4, 0.5) is 5.69 Å². The Labute approximate surface area is 230 Å². The maximum Gasteiger partial charge on any atom is 1.00 e. The molecule has 2 N–H and O–H groups in total. The first-order valence-electron chi connectivity index (χ1n) is 5.58. The number of nitrogens with two attached hydrogens (primary N) is 1. The zero-order valence-electron chi connectivity index (χ0n) is 14.7. The predicted molar refractivity (Wildman–Crippen MR) is 66.5 cm³/mol. The van der Waals surface area contributed by atoms with E-state index in [2.05, 4.69) is 0 Å². The Balaban J connectivity index is -0.000000500. The van der Waals surface area contributed by atoms with Crippen LogP contribution in [0.2, 0.25) is 0 Å². The monoisotopic (exact) mass is 412 g/mol. The number of nitrogens with zero attached hydrogens (tertiary/aromatic N) is 1. The van der Waals surface area contributed by atoms with Crippen molar-refractivity contribution in [3.8, 4) is 0 Å². The van der Waals surface area contributed by atoms with Crippen molar-refractivity contribution in [1.29, 1.82) is 0 Å². The molecule has 0 aliphatic heterocycles. The van der Waals surface area contributed by atoms with Gasteiger partial charge in [-0.3, -0.25) is 0 Å². The van der Waals surface area contributed by atoms with Gasteiger partial charge in [0.15, 0.2) is 0 Å². The Kier molecular flexibility index (Phi) is 20.7. The standard InChI is InChI=1S/C10H18N2O6P2.4Na/c1-12(9-5-3-2-4-6-9)8-7-10(11,19(13,14)15)20(16,17)18;;;;/h2-6H,7-8,11H2,1H3,(H2,13,14,15)(H2,16,17,18);;;;/q;4*+1/p-4. The normalized spacial score (nSPS) is 11.1. The molecule has 0 heterocycles. The molecule has 24 heavy (non-hydrogen) atoms. The number of anilines is 1. The molecule has 0 fully saturated rings. The van der Waals surface area contributed by atoms with Crippen molar-refractivity contribution >= 4 is 20.9 Å². The van der Waals surface area contributed by atoms with Crippen LogP contribution in [0.1, 0.15) is 6.42 Å². The average Bonchev–Trinajstić information content (AvgIpc) is 2.33. The molecule has 0 bridgehead atoms. The first-order valence-corrected chi connectivity index (χ1v) is 8.67. The van der Waals surface area contributed by atoms with Crippen molar-refractivity contribution in [2.75, 3.05) is 18.5 Å². The summed E-state index contributed by atoms with van der Waals surface area (Å²) in [6, 6.07) is 8.59. The van der Waals surface area contributed by atoms with E-state index in [9.17, 15) is 28.7 Å². The summed E-state index contributed by atoms with van der Waals surface area (Å²) >= 11 is 0. The van der Waals surface area contributed by atoms with Gasteiger partial charge in [0.2, 0.25) is 0 Å². The van der Waals surface area contributed by atoms with Gasteiger partial charge in [-0.25, -0.2) is 0 Å². The zero-order chi connectivity index (χ0) is 15.6. The molecule has 0 saturated carbocycles. The zero-order valence-corrected chi connectivity index (χ0v) is 24.5. The molecule has 0 radical (unpaired) electrons. The van der Waals surface area contributed by atoms with E-state index in [1.807, 2.05) is 0 Å². The summed E-state index contributed by atoms with van der Waals surface area (Å²) in [4.78, 5) is 45.5. The average molecular weight is 412 g/mol. The van der Waals surface area contributed by atoms with Crippen LogP contribution in [-0.2, 0) is 9.13 Å². The first kappa shape index (κ1) is 34.8. The number of hydrogen-bond donors (Lipinski definition) is 1. The third-order valence-corrected chi connectivity index (χ3v) is 6.77. The second-order valence-electron chi connectivity index (χ2n) is 4.38. The molecule has 0 aliphatic rings. The van der Waals surface area contributed by atoms with Crippen LogP contribution < -0.4 is 148 Å². The number of benzene rings is 1. The molecule has 14 heteroatoms. The Bertz CT molecular complexity index is 534. The third-order valence-electron chi connectivity index (χ3n) is 2.96. The second-order valence-corrected chi connectivity index (χ2v) is 8.32. The molecule has 0 amide bonds. The summed E-state index contributed by atoms with van der Waals surface area (Å²) in [5.74, 6) is 0. The fourth-order valence-electron chi connectivity index (χ4n) is 1.57. The van der Waals surface area contributed by atoms with Crippen LogP contribution in [0.15, 0.2) is 30.3 Å². The summed E-state index contributed by atoms with van der Waals surface area (Å²) in [7, 11) is -10.0. The van der Waals surface area contributed by atoms with E-state index in [1.165, 1.54) is 4.90 Å². The SMILES string of the molecule is CN(CCC(N)(P(=O)([O-])[O-])P(=O)([O-])[O-])c1ccccc1.[Na+].[Na+].[Na+].[Na+]. The molecule has 1 aromatic carbocycles. The molecule has 0 atom stereocenters. The molecule has 0 spiro atoms. The Morgan fingerprint density at radius 3 is 1.67 bits per heavy atom. The van der Waals surface area contributed by atoms with Gasteiger partial charge in [0, 0.05) is 19.3 Å². The Hall–Kier alpha value is 3.28. The minimum atomic E-state index is -5.79. The maximum absolute atomic E-state index is 11.0.